The maximum absolute atomic E-state index is 5.37. The van der Waals surface area contributed by atoms with Crippen molar-refractivity contribution in [1.29, 1.82) is 0 Å². The topological polar surface area (TPSA) is 57.5 Å². The zero-order chi connectivity index (χ0) is 13.2. The molecule has 1 aromatic rings. The molecule has 0 fully saturated rings. The molecule has 0 aliphatic rings. The van der Waals surface area contributed by atoms with Gasteiger partial charge in [0.15, 0.2) is 0 Å². The third-order valence-electron chi connectivity index (χ3n) is 2.39. The molecule has 1 rings (SSSR count). The number of hydrogen-bond acceptors (Lipinski definition) is 5. The Bertz CT molecular complexity index is 328. The maximum atomic E-state index is 5.37. The van der Waals surface area contributed by atoms with Crippen molar-refractivity contribution in [2.24, 2.45) is 0 Å². The Morgan fingerprint density at radius 2 is 1.94 bits per heavy atom. The fourth-order valence-corrected chi connectivity index (χ4v) is 1.53. The SMILES string of the molecule is COCCOCCNc1nc(C)cn1CCOC. The van der Waals surface area contributed by atoms with E-state index in [9.17, 15) is 0 Å². The first-order chi connectivity index (χ1) is 8.77. The van der Waals surface area contributed by atoms with Crippen molar-refractivity contribution in [3.63, 3.8) is 0 Å². The summed E-state index contributed by atoms with van der Waals surface area (Å²) in [6, 6.07) is 0. The van der Waals surface area contributed by atoms with Gasteiger partial charge in [-0.25, -0.2) is 4.98 Å². The number of aromatic nitrogens is 2. The van der Waals surface area contributed by atoms with Gasteiger partial charge in [-0.15, -0.1) is 0 Å². The Balaban J connectivity index is 2.27. The molecule has 0 radical (unpaired) electrons. The highest BCUT2D eigenvalue weighted by atomic mass is 16.5. The molecule has 0 aromatic carbocycles. The number of ether oxygens (including phenoxy) is 3. The lowest BCUT2D eigenvalue weighted by Gasteiger charge is -2.09. The Morgan fingerprint density at radius 1 is 1.17 bits per heavy atom. The summed E-state index contributed by atoms with van der Waals surface area (Å²) in [7, 11) is 3.36. The first-order valence-electron chi connectivity index (χ1n) is 6.11. The summed E-state index contributed by atoms with van der Waals surface area (Å²) in [5.74, 6) is 0.861. The van der Waals surface area contributed by atoms with Crippen molar-refractivity contribution in [3.8, 4) is 0 Å². The van der Waals surface area contributed by atoms with E-state index >= 15 is 0 Å². The highest BCUT2D eigenvalue weighted by Crippen LogP contribution is 2.07. The van der Waals surface area contributed by atoms with Gasteiger partial charge in [-0.2, -0.15) is 0 Å². The fraction of sp³-hybridized carbons (Fsp3) is 0.750. The van der Waals surface area contributed by atoms with Gasteiger partial charge >= 0.3 is 0 Å². The molecule has 1 heterocycles. The van der Waals surface area contributed by atoms with E-state index in [1.54, 1.807) is 14.2 Å². The molecule has 0 saturated heterocycles. The highest BCUT2D eigenvalue weighted by molar-refractivity contribution is 5.28. The Labute approximate surface area is 108 Å². The van der Waals surface area contributed by atoms with Crippen molar-refractivity contribution in [2.45, 2.75) is 13.5 Å². The molecule has 1 N–H and O–H groups in total. The summed E-state index contributed by atoms with van der Waals surface area (Å²) in [6.45, 7) is 6.06. The summed E-state index contributed by atoms with van der Waals surface area (Å²) in [5, 5.41) is 3.25. The van der Waals surface area contributed by atoms with Crippen molar-refractivity contribution < 1.29 is 14.2 Å². The van der Waals surface area contributed by atoms with Crippen molar-refractivity contribution in [1.82, 2.24) is 9.55 Å². The van der Waals surface area contributed by atoms with Crippen LogP contribution in [0.25, 0.3) is 0 Å². The highest BCUT2D eigenvalue weighted by Gasteiger charge is 2.04. The lowest BCUT2D eigenvalue weighted by atomic mass is 10.5. The van der Waals surface area contributed by atoms with Crippen LogP contribution in [-0.4, -0.2) is 56.7 Å². The maximum Gasteiger partial charge on any atom is 0.203 e. The van der Waals surface area contributed by atoms with E-state index in [-0.39, 0.29) is 0 Å². The van der Waals surface area contributed by atoms with E-state index in [2.05, 4.69) is 10.3 Å². The largest absolute Gasteiger partial charge is 0.383 e. The second-order valence-corrected chi connectivity index (χ2v) is 3.92. The minimum atomic E-state index is 0.620. The van der Waals surface area contributed by atoms with Crippen molar-refractivity contribution in [2.75, 3.05) is 52.5 Å². The molecule has 0 atom stereocenters. The van der Waals surface area contributed by atoms with Gasteiger partial charge in [-0.05, 0) is 6.92 Å². The Kier molecular flexibility index (Phi) is 7.40. The van der Waals surface area contributed by atoms with E-state index in [0.717, 1.165) is 24.7 Å². The number of nitrogens with one attached hydrogen (secondary N) is 1. The molecule has 0 bridgehead atoms. The summed E-state index contributed by atoms with van der Waals surface area (Å²) in [4.78, 5) is 4.41. The van der Waals surface area contributed by atoms with Crippen LogP contribution in [0.15, 0.2) is 6.20 Å². The fourth-order valence-electron chi connectivity index (χ4n) is 1.53. The molecular weight excluding hydrogens is 234 g/mol. The predicted octanol–water partition coefficient (Wildman–Crippen LogP) is 0.913. The number of rotatable bonds is 10. The second-order valence-electron chi connectivity index (χ2n) is 3.92. The number of nitrogens with zero attached hydrogens (tertiary/aromatic N) is 2. The summed E-state index contributed by atoms with van der Waals surface area (Å²) >= 11 is 0. The number of anilines is 1. The quantitative estimate of drug-likeness (QED) is 0.631. The van der Waals surface area contributed by atoms with Gasteiger partial charge in [0.05, 0.1) is 32.1 Å². The average molecular weight is 257 g/mol. The molecule has 0 spiro atoms. The first kappa shape index (κ1) is 14.9. The van der Waals surface area contributed by atoms with E-state index in [0.29, 0.717) is 26.4 Å². The van der Waals surface area contributed by atoms with Crippen LogP contribution in [0.4, 0.5) is 5.95 Å². The minimum Gasteiger partial charge on any atom is -0.383 e. The standard InChI is InChI=1S/C12H23N3O3/c1-11-10-15(5-7-16-2)12(14-11)13-4-6-18-9-8-17-3/h10H,4-9H2,1-3H3,(H,13,14). The van der Waals surface area contributed by atoms with Crippen LogP contribution in [0.3, 0.4) is 0 Å². The second kappa shape index (κ2) is 8.91. The molecule has 6 nitrogen and oxygen atoms in total. The van der Waals surface area contributed by atoms with Gasteiger partial charge in [0, 0.05) is 33.5 Å². The molecule has 18 heavy (non-hydrogen) atoms. The monoisotopic (exact) mass is 257 g/mol. The summed E-state index contributed by atoms with van der Waals surface area (Å²) in [5.41, 5.74) is 0.994. The summed E-state index contributed by atoms with van der Waals surface area (Å²) in [6.07, 6.45) is 2.01. The molecule has 1 aromatic heterocycles. The van der Waals surface area contributed by atoms with Crippen molar-refractivity contribution >= 4 is 5.95 Å². The number of hydrogen-bond donors (Lipinski definition) is 1. The van der Waals surface area contributed by atoms with E-state index in [1.165, 1.54) is 0 Å². The van der Waals surface area contributed by atoms with Crippen molar-refractivity contribution in [3.05, 3.63) is 11.9 Å². The Hall–Kier alpha value is -1.11. The van der Waals surface area contributed by atoms with Crippen LogP contribution in [0, 0.1) is 6.92 Å². The van der Waals surface area contributed by atoms with Gasteiger partial charge in [0.2, 0.25) is 5.95 Å². The van der Waals surface area contributed by atoms with E-state index in [1.807, 2.05) is 17.7 Å². The molecule has 104 valence electrons. The van der Waals surface area contributed by atoms with Gasteiger partial charge in [0.1, 0.15) is 0 Å². The minimum absolute atomic E-state index is 0.620. The van der Waals surface area contributed by atoms with Crippen LogP contribution >= 0.6 is 0 Å². The normalized spacial score (nSPS) is 10.8. The van der Waals surface area contributed by atoms with Gasteiger partial charge in [-0.1, -0.05) is 0 Å². The average Bonchev–Trinajstić information content (AvgIpc) is 2.71. The molecular formula is C12H23N3O3. The molecule has 6 heteroatoms. The Morgan fingerprint density at radius 3 is 2.67 bits per heavy atom. The van der Waals surface area contributed by atoms with Crippen LogP contribution in [0.1, 0.15) is 5.69 Å². The summed E-state index contributed by atoms with van der Waals surface area (Å²) < 4.78 is 17.4. The number of methoxy groups -OCH3 is 2. The predicted molar refractivity (Wildman–Crippen MR) is 70.0 cm³/mol. The molecule has 0 saturated carbocycles. The van der Waals surface area contributed by atoms with Crippen LogP contribution < -0.4 is 5.32 Å². The van der Waals surface area contributed by atoms with E-state index in [4.69, 9.17) is 14.2 Å². The van der Waals surface area contributed by atoms with Crippen LogP contribution in [0.2, 0.25) is 0 Å². The first-order valence-corrected chi connectivity index (χ1v) is 6.11. The third-order valence-corrected chi connectivity index (χ3v) is 2.39. The molecule has 0 amide bonds. The van der Waals surface area contributed by atoms with Gasteiger partial charge in [-0.3, -0.25) is 0 Å². The van der Waals surface area contributed by atoms with Crippen LogP contribution in [0.5, 0.6) is 0 Å². The molecule has 0 aliphatic carbocycles. The van der Waals surface area contributed by atoms with Gasteiger partial charge in [0.25, 0.3) is 0 Å². The molecule has 0 unspecified atom stereocenters. The third kappa shape index (κ3) is 5.48. The number of imidazole rings is 1. The zero-order valence-electron chi connectivity index (χ0n) is 11.4. The smallest absolute Gasteiger partial charge is 0.203 e. The zero-order valence-corrected chi connectivity index (χ0v) is 11.4. The number of aryl methyl sites for hydroxylation is 1. The lowest BCUT2D eigenvalue weighted by Crippen LogP contribution is -2.15. The van der Waals surface area contributed by atoms with Crippen LogP contribution in [-0.2, 0) is 20.8 Å². The lowest BCUT2D eigenvalue weighted by molar-refractivity contribution is 0.0758. The van der Waals surface area contributed by atoms with Gasteiger partial charge < -0.3 is 24.1 Å². The molecule has 0 aliphatic heterocycles. The van der Waals surface area contributed by atoms with E-state index < -0.39 is 0 Å².